The smallest absolute Gasteiger partial charge is 0.308 e. The average Bonchev–Trinajstić information content (AvgIpc) is 3.08. The third kappa shape index (κ3) is 2.77. The lowest BCUT2D eigenvalue weighted by atomic mass is 9.98. The first kappa shape index (κ1) is 12.4. The third-order valence-corrected chi connectivity index (χ3v) is 3.51. The summed E-state index contributed by atoms with van der Waals surface area (Å²) >= 11 is 0. The van der Waals surface area contributed by atoms with Gasteiger partial charge in [-0.25, -0.2) is 0 Å². The minimum absolute atomic E-state index is 0.0255. The zero-order valence-electron chi connectivity index (χ0n) is 10.1. The van der Waals surface area contributed by atoms with Gasteiger partial charge in [0.15, 0.2) is 0 Å². The second-order valence-corrected chi connectivity index (χ2v) is 4.80. The number of hydrogen-bond acceptors (Lipinski definition) is 3. The van der Waals surface area contributed by atoms with Crippen LogP contribution in [0.1, 0.15) is 26.2 Å². The summed E-state index contributed by atoms with van der Waals surface area (Å²) in [4.78, 5) is 24.7. The monoisotopic (exact) mass is 241 g/mol. The number of aliphatic carboxylic acids is 1. The number of carbonyl (C=O) groups is 2. The zero-order chi connectivity index (χ0) is 12.4. The fourth-order valence-electron chi connectivity index (χ4n) is 2.44. The lowest BCUT2D eigenvalue weighted by molar-refractivity contribution is -0.146. The fraction of sp³-hybridized carbons (Fsp3) is 0.833. The first-order valence-corrected chi connectivity index (χ1v) is 6.26. The normalized spacial score (nSPS) is 32.3. The Morgan fingerprint density at radius 2 is 2.24 bits per heavy atom. The summed E-state index contributed by atoms with van der Waals surface area (Å²) in [5.41, 5.74) is 0. The molecule has 0 bridgehead atoms. The van der Waals surface area contributed by atoms with E-state index in [1.165, 1.54) is 0 Å². The molecule has 1 saturated carbocycles. The maximum absolute atomic E-state index is 12.1. The second kappa shape index (κ2) is 5.04. The van der Waals surface area contributed by atoms with Crippen LogP contribution in [0.15, 0.2) is 0 Å². The van der Waals surface area contributed by atoms with E-state index >= 15 is 0 Å². The van der Waals surface area contributed by atoms with Crippen LogP contribution in [-0.4, -0.2) is 47.7 Å². The molecule has 1 N–H and O–H groups in total. The lowest BCUT2D eigenvalue weighted by Crippen LogP contribution is -2.43. The maximum atomic E-state index is 12.1. The molecule has 2 aliphatic rings. The van der Waals surface area contributed by atoms with Crippen molar-refractivity contribution in [2.75, 3.05) is 19.7 Å². The van der Waals surface area contributed by atoms with Crippen molar-refractivity contribution in [3.8, 4) is 0 Å². The number of ether oxygens (including phenoxy) is 1. The van der Waals surface area contributed by atoms with Gasteiger partial charge in [0.05, 0.1) is 17.9 Å². The van der Waals surface area contributed by atoms with Gasteiger partial charge >= 0.3 is 5.97 Å². The third-order valence-electron chi connectivity index (χ3n) is 3.51. The van der Waals surface area contributed by atoms with Gasteiger partial charge in [0.2, 0.25) is 5.91 Å². The van der Waals surface area contributed by atoms with Crippen molar-refractivity contribution >= 4 is 11.9 Å². The van der Waals surface area contributed by atoms with Gasteiger partial charge in [0.1, 0.15) is 0 Å². The van der Waals surface area contributed by atoms with Crippen LogP contribution in [0.2, 0.25) is 0 Å². The minimum atomic E-state index is -0.792. The highest BCUT2D eigenvalue weighted by atomic mass is 16.5. The quantitative estimate of drug-likeness (QED) is 0.788. The molecule has 2 fully saturated rings. The van der Waals surface area contributed by atoms with Crippen LogP contribution < -0.4 is 0 Å². The average molecular weight is 241 g/mol. The number of amides is 1. The molecule has 1 amide bonds. The lowest BCUT2D eigenvalue weighted by Gasteiger charge is -2.30. The predicted octanol–water partition coefficient (Wildman–Crippen LogP) is 0.735. The maximum Gasteiger partial charge on any atom is 0.308 e. The molecule has 0 spiro atoms. The Morgan fingerprint density at radius 1 is 1.47 bits per heavy atom. The predicted molar refractivity (Wildman–Crippen MR) is 60.5 cm³/mol. The molecular weight excluding hydrogens is 222 g/mol. The highest BCUT2D eigenvalue weighted by Gasteiger charge is 2.46. The molecule has 5 heteroatoms. The van der Waals surface area contributed by atoms with E-state index in [0.717, 1.165) is 12.8 Å². The summed E-state index contributed by atoms with van der Waals surface area (Å²) in [6, 6.07) is 0. The van der Waals surface area contributed by atoms with Crippen molar-refractivity contribution in [3.63, 3.8) is 0 Å². The molecule has 1 aliphatic heterocycles. The Balaban J connectivity index is 1.86. The summed E-state index contributed by atoms with van der Waals surface area (Å²) in [7, 11) is 0. The molecule has 0 aromatic heterocycles. The topological polar surface area (TPSA) is 66.8 Å². The Labute approximate surface area is 101 Å². The number of piperidine rings is 1. The Hall–Kier alpha value is -1.10. The molecule has 96 valence electrons. The molecule has 1 aliphatic carbocycles. The molecule has 1 saturated heterocycles. The number of hydrogen-bond donors (Lipinski definition) is 1. The van der Waals surface area contributed by atoms with Gasteiger partial charge in [0.25, 0.3) is 0 Å². The second-order valence-electron chi connectivity index (χ2n) is 4.80. The van der Waals surface area contributed by atoms with E-state index in [4.69, 9.17) is 9.84 Å². The van der Waals surface area contributed by atoms with Crippen LogP contribution in [0, 0.1) is 11.8 Å². The zero-order valence-corrected chi connectivity index (χ0v) is 10.1. The largest absolute Gasteiger partial charge is 0.481 e. The van der Waals surface area contributed by atoms with Gasteiger partial charge in [-0.2, -0.15) is 0 Å². The summed E-state index contributed by atoms with van der Waals surface area (Å²) in [6.07, 6.45) is 2.33. The standard InChI is InChI=1S/C12H19NO4/c1-2-17-10-6-9(10)11(14)13-5-3-4-8(7-13)12(15)16/h8-10H,2-7H2,1H3,(H,15,16)/t8-,9?,10?/m0/s1. The number of nitrogens with zero attached hydrogens (tertiary/aromatic N) is 1. The SMILES string of the molecule is CCOC1CC1C(=O)N1CCC[C@H](C(=O)O)C1. The number of carboxylic acids is 1. The summed E-state index contributed by atoms with van der Waals surface area (Å²) in [5, 5.41) is 8.97. The summed E-state index contributed by atoms with van der Waals surface area (Å²) in [5.74, 6) is -1.13. The Morgan fingerprint density at radius 3 is 2.88 bits per heavy atom. The fourth-order valence-corrected chi connectivity index (χ4v) is 2.44. The Bertz CT molecular complexity index is 318. The first-order chi connectivity index (χ1) is 8.13. The Kier molecular flexibility index (Phi) is 3.66. The van der Waals surface area contributed by atoms with Crippen LogP contribution in [-0.2, 0) is 14.3 Å². The molecule has 0 aromatic rings. The molecule has 3 atom stereocenters. The van der Waals surface area contributed by atoms with E-state index < -0.39 is 11.9 Å². The van der Waals surface area contributed by atoms with Crippen molar-refractivity contribution < 1.29 is 19.4 Å². The van der Waals surface area contributed by atoms with E-state index in [9.17, 15) is 9.59 Å². The molecule has 2 unspecified atom stereocenters. The molecule has 2 rings (SSSR count). The van der Waals surface area contributed by atoms with Crippen LogP contribution in [0.3, 0.4) is 0 Å². The molecule has 1 heterocycles. The van der Waals surface area contributed by atoms with Gasteiger partial charge in [-0.1, -0.05) is 0 Å². The van der Waals surface area contributed by atoms with Crippen LogP contribution in [0.4, 0.5) is 0 Å². The number of likely N-dealkylation sites (tertiary alicyclic amines) is 1. The van der Waals surface area contributed by atoms with E-state index in [1.807, 2.05) is 6.92 Å². The summed E-state index contributed by atoms with van der Waals surface area (Å²) < 4.78 is 5.39. The van der Waals surface area contributed by atoms with E-state index in [1.54, 1.807) is 4.90 Å². The van der Waals surface area contributed by atoms with Crippen molar-refractivity contribution in [2.24, 2.45) is 11.8 Å². The molecule has 17 heavy (non-hydrogen) atoms. The molecule has 5 nitrogen and oxygen atoms in total. The number of carboxylic acid groups (broad SMARTS) is 1. The molecule has 0 aromatic carbocycles. The highest BCUT2D eigenvalue weighted by Crippen LogP contribution is 2.36. The van der Waals surface area contributed by atoms with Crippen LogP contribution in [0.25, 0.3) is 0 Å². The molecule has 0 radical (unpaired) electrons. The van der Waals surface area contributed by atoms with Crippen molar-refractivity contribution in [1.29, 1.82) is 0 Å². The van der Waals surface area contributed by atoms with Crippen molar-refractivity contribution in [1.82, 2.24) is 4.90 Å². The summed E-state index contributed by atoms with van der Waals surface area (Å²) in [6.45, 7) is 3.61. The van der Waals surface area contributed by atoms with Gasteiger partial charge < -0.3 is 14.7 Å². The van der Waals surface area contributed by atoms with E-state index in [0.29, 0.717) is 26.1 Å². The van der Waals surface area contributed by atoms with Crippen molar-refractivity contribution in [3.05, 3.63) is 0 Å². The van der Waals surface area contributed by atoms with Crippen LogP contribution >= 0.6 is 0 Å². The van der Waals surface area contributed by atoms with Gasteiger partial charge in [-0.05, 0) is 26.2 Å². The van der Waals surface area contributed by atoms with E-state index in [2.05, 4.69) is 0 Å². The first-order valence-electron chi connectivity index (χ1n) is 6.26. The number of rotatable bonds is 4. The van der Waals surface area contributed by atoms with Gasteiger partial charge in [-0.3, -0.25) is 9.59 Å². The molecular formula is C12H19NO4. The van der Waals surface area contributed by atoms with Crippen LogP contribution in [0.5, 0.6) is 0 Å². The van der Waals surface area contributed by atoms with Gasteiger partial charge in [0, 0.05) is 19.7 Å². The van der Waals surface area contributed by atoms with E-state index in [-0.39, 0.29) is 17.9 Å². The highest BCUT2D eigenvalue weighted by molar-refractivity contribution is 5.83. The minimum Gasteiger partial charge on any atom is -0.481 e. The number of carbonyl (C=O) groups excluding carboxylic acids is 1. The van der Waals surface area contributed by atoms with Crippen molar-refractivity contribution in [2.45, 2.75) is 32.3 Å². The van der Waals surface area contributed by atoms with Gasteiger partial charge in [-0.15, -0.1) is 0 Å².